The van der Waals surface area contributed by atoms with Crippen molar-refractivity contribution in [2.75, 3.05) is 39.5 Å². The van der Waals surface area contributed by atoms with Crippen LogP contribution in [0.25, 0.3) is 0 Å². The van der Waals surface area contributed by atoms with E-state index in [4.69, 9.17) is 19.4 Å². The fourth-order valence-electron chi connectivity index (χ4n) is 8.00. The average Bonchev–Trinajstić information content (AvgIpc) is 3.36. The molecular formula is C56H85N5O6+2. The van der Waals surface area contributed by atoms with Crippen LogP contribution in [0.1, 0.15) is 154 Å². The fourth-order valence-corrected chi connectivity index (χ4v) is 8.00. The summed E-state index contributed by atoms with van der Waals surface area (Å²) >= 11 is 0. The van der Waals surface area contributed by atoms with Crippen LogP contribution in [-0.4, -0.2) is 51.6 Å². The molecule has 0 unspecified atom stereocenters. The van der Waals surface area contributed by atoms with Gasteiger partial charge in [0.25, 0.3) is 0 Å². The summed E-state index contributed by atoms with van der Waals surface area (Å²) < 4.78 is 0. The topological polar surface area (TPSA) is 107 Å². The Morgan fingerprint density at radius 2 is 0.672 bits per heavy atom. The highest BCUT2D eigenvalue weighted by Crippen LogP contribution is 2.38. The molecule has 11 heteroatoms. The van der Waals surface area contributed by atoms with E-state index in [1.54, 1.807) is 0 Å². The molecule has 0 aliphatic heterocycles. The van der Waals surface area contributed by atoms with E-state index < -0.39 is 12.1 Å². The van der Waals surface area contributed by atoms with Gasteiger partial charge in [-0.1, -0.05) is 165 Å². The lowest BCUT2D eigenvalue weighted by Gasteiger charge is -2.31. The van der Waals surface area contributed by atoms with Gasteiger partial charge in [0.1, 0.15) is 26.4 Å². The van der Waals surface area contributed by atoms with Crippen LogP contribution in [0.4, 0.5) is 32.3 Å². The molecule has 0 heterocycles. The molecule has 4 amide bonds. The summed E-state index contributed by atoms with van der Waals surface area (Å²) in [6.07, 6.45) is 20.8. The number of nitrogens with zero attached hydrogens (tertiary/aromatic N) is 2. The van der Waals surface area contributed by atoms with Crippen molar-refractivity contribution in [2.24, 2.45) is 0 Å². The molecule has 0 bridgehead atoms. The van der Waals surface area contributed by atoms with Crippen molar-refractivity contribution >= 4 is 34.8 Å². The summed E-state index contributed by atoms with van der Waals surface area (Å²) in [4.78, 5) is 51.7. The lowest BCUT2D eigenvalue weighted by atomic mass is 10.1. The number of para-hydroxylation sites is 2. The number of nitrogens with one attached hydrogen (secondary N) is 3. The van der Waals surface area contributed by atoms with Crippen LogP contribution in [0, 0.1) is 0 Å². The maximum atomic E-state index is 12.6. The maximum Gasteiger partial charge on any atom is 0.322 e. The largest absolute Gasteiger partial charge is 0.338 e. The zero-order chi connectivity index (χ0) is 47.7. The Bertz CT molecular complexity index is 1720. The molecule has 0 aliphatic rings. The van der Waals surface area contributed by atoms with Gasteiger partial charge >= 0.3 is 12.1 Å². The summed E-state index contributed by atoms with van der Waals surface area (Å²) in [5, 5.41) is 8.07. The Kier molecular flexibility index (Phi) is 27.1. The lowest BCUT2D eigenvalue weighted by Crippen LogP contribution is -2.45. The molecule has 4 aromatic rings. The van der Waals surface area contributed by atoms with Gasteiger partial charge in [0.15, 0.2) is 0 Å². The van der Waals surface area contributed by atoms with Crippen molar-refractivity contribution < 1.29 is 28.9 Å². The molecule has 0 atom stereocenters. The Morgan fingerprint density at radius 3 is 0.970 bits per heavy atom. The van der Waals surface area contributed by atoms with Crippen LogP contribution in [0.2, 0.25) is 0 Å². The average molecular weight is 924 g/mol. The number of quaternary nitrogens is 2. The second-order valence-electron chi connectivity index (χ2n) is 17.5. The molecule has 0 aliphatic carbocycles. The van der Waals surface area contributed by atoms with Crippen molar-refractivity contribution in [3.05, 3.63) is 120 Å². The van der Waals surface area contributed by atoms with Crippen molar-refractivity contribution in [3.63, 3.8) is 0 Å². The van der Waals surface area contributed by atoms with Gasteiger partial charge in [-0.3, -0.25) is 5.32 Å². The third-order valence-corrected chi connectivity index (χ3v) is 11.9. The Labute approximate surface area is 403 Å². The molecule has 0 fully saturated rings. The van der Waals surface area contributed by atoms with Crippen LogP contribution in [-0.2, 0) is 32.2 Å². The highest BCUT2D eigenvalue weighted by Gasteiger charge is 2.40. The first-order valence-corrected chi connectivity index (χ1v) is 25.9. The molecule has 0 radical (unpaired) electrons. The van der Waals surface area contributed by atoms with Crippen molar-refractivity contribution in [1.29, 1.82) is 0 Å². The van der Waals surface area contributed by atoms with Crippen LogP contribution in [0.15, 0.2) is 109 Å². The third-order valence-electron chi connectivity index (χ3n) is 11.9. The molecule has 4 aromatic carbocycles. The SMILES string of the molecule is CCCCCCO[N+](OCCCCCC)(c1ccccc1)c1ccc(CCCNC(=O)NC(=O)NCCCc2ccc([N+](OCCCCCC)(OCCCCCC)c3ccccc3)cc2)cc1. The van der Waals surface area contributed by atoms with Gasteiger partial charge in [0.05, 0.1) is 0 Å². The van der Waals surface area contributed by atoms with E-state index in [2.05, 4.69) is 116 Å². The quantitative estimate of drug-likeness (QED) is 0.0238. The van der Waals surface area contributed by atoms with Gasteiger partial charge < -0.3 is 10.6 Å². The van der Waals surface area contributed by atoms with Gasteiger partial charge in [0.2, 0.25) is 22.7 Å². The molecule has 11 nitrogen and oxygen atoms in total. The number of benzene rings is 4. The maximum absolute atomic E-state index is 12.6. The first kappa shape index (κ1) is 55.0. The monoisotopic (exact) mass is 924 g/mol. The summed E-state index contributed by atoms with van der Waals surface area (Å²) in [6.45, 7) is 12.1. The van der Waals surface area contributed by atoms with E-state index in [-0.39, 0.29) is 9.62 Å². The minimum absolute atomic E-state index is 0.101. The lowest BCUT2D eigenvalue weighted by molar-refractivity contribution is -0.316. The molecule has 0 saturated carbocycles. The number of amides is 4. The predicted octanol–water partition coefficient (Wildman–Crippen LogP) is 14.6. The zero-order valence-corrected chi connectivity index (χ0v) is 41.6. The van der Waals surface area contributed by atoms with Crippen LogP contribution >= 0.6 is 0 Å². The summed E-state index contributed by atoms with van der Waals surface area (Å²) in [6, 6.07) is 36.2. The highest BCUT2D eigenvalue weighted by atomic mass is 17.0. The molecule has 0 saturated heterocycles. The van der Waals surface area contributed by atoms with E-state index in [0.29, 0.717) is 39.5 Å². The van der Waals surface area contributed by atoms with Crippen molar-refractivity contribution in [3.8, 4) is 0 Å². The Hall–Kier alpha value is -4.62. The second-order valence-corrected chi connectivity index (χ2v) is 17.5. The number of carbonyl (C=O) groups is 2. The van der Waals surface area contributed by atoms with E-state index in [1.807, 2.05) is 36.4 Å². The number of imide groups is 1. The number of hydrogen-bond donors (Lipinski definition) is 3. The van der Waals surface area contributed by atoms with E-state index in [0.717, 1.165) is 111 Å². The van der Waals surface area contributed by atoms with Gasteiger partial charge in [-0.25, -0.2) is 9.59 Å². The fraction of sp³-hybridized carbons (Fsp3) is 0.536. The van der Waals surface area contributed by atoms with Crippen LogP contribution < -0.4 is 25.6 Å². The Balaban J connectivity index is 1.24. The van der Waals surface area contributed by atoms with Crippen LogP contribution in [0.3, 0.4) is 0 Å². The minimum atomic E-state index is -0.513. The number of aryl methyl sites for hydroxylation is 2. The van der Waals surface area contributed by atoms with Crippen molar-refractivity contribution in [2.45, 2.75) is 156 Å². The molecule has 368 valence electrons. The first-order valence-electron chi connectivity index (χ1n) is 25.9. The normalized spacial score (nSPS) is 11.7. The number of rotatable bonds is 36. The van der Waals surface area contributed by atoms with Crippen molar-refractivity contribution in [1.82, 2.24) is 25.6 Å². The molecule has 3 N–H and O–H groups in total. The van der Waals surface area contributed by atoms with Gasteiger partial charge in [-0.05, 0) is 62.5 Å². The Morgan fingerprint density at radius 1 is 0.373 bits per heavy atom. The predicted molar refractivity (Wildman–Crippen MR) is 276 cm³/mol. The summed E-state index contributed by atoms with van der Waals surface area (Å²) in [7, 11) is 0. The number of carbonyl (C=O) groups excluding carboxylic acids is 2. The first-order chi connectivity index (χ1) is 32.9. The standard InChI is InChI=1S/C56H83N5O6/c1-5-9-13-23-45-64-60(51-31-19-17-20-32-51,65-46-24-14-10-6-2)53-39-35-49(36-40-53)29-27-43-57-55(62)59-56(63)58-44-28-30-50-37-41-54(42-38-50)61(52-33-21-18-22-34-52,66-47-25-15-11-7-3)67-48-26-16-12-8-4/h17-22,31-42H,5-16,23-30,43-48H2,1-4H3,(H-2,57,58,59,62,63)/p+2. The molecular weight excluding hydrogens is 839 g/mol. The van der Waals surface area contributed by atoms with Gasteiger partial charge in [-0.15, -0.1) is 0 Å². The molecule has 4 rings (SSSR count). The smallest absolute Gasteiger partial charge is 0.322 e. The van der Waals surface area contributed by atoms with E-state index in [1.165, 1.54) is 51.4 Å². The number of hydrogen-bond acceptors (Lipinski definition) is 6. The third kappa shape index (κ3) is 19.5. The van der Waals surface area contributed by atoms with Crippen LogP contribution in [0.5, 0.6) is 0 Å². The molecule has 0 spiro atoms. The minimum Gasteiger partial charge on any atom is -0.338 e. The highest BCUT2D eigenvalue weighted by molar-refractivity contribution is 5.93. The van der Waals surface area contributed by atoms with Gasteiger partial charge in [-0.2, -0.15) is 19.4 Å². The second kappa shape index (κ2) is 33.0. The summed E-state index contributed by atoms with van der Waals surface area (Å²) in [5.41, 5.74) is 5.98. The van der Waals surface area contributed by atoms with Gasteiger partial charge in [0, 0.05) is 71.2 Å². The van der Waals surface area contributed by atoms with E-state index >= 15 is 0 Å². The van der Waals surface area contributed by atoms with E-state index in [9.17, 15) is 9.59 Å². The molecule has 0 aromatic heterocycles. The zero-order valence-electron chi connectivity index (χ0n) is 41.6. The number of urea groups is 2. The number of unbranched alkanes of at least 4 members (excludes halogenated alkanes) is 12. The summed E-state index contributed by atoms with van der Waals surface area (Å²) in [5.74, 6) is 0. The molecule has 67 heavy (non-hydrogen) atoms.